The van der Waals surface area contributed by atoms with Gasteiger partial charge in [-0.05, 0) is 77.5 Å². The molecule has 61 heavy (non-hydrogen) atoms. The lowest BCUT2D eigenvalue weighted by Crippen LogP contribution is -1.99. The number of nitrogens with zero attached hydrogens (tertiary/aromatic N) is 4. The molecule has 0 bridgehead atoms. The third kappa shape index (κ3) is 5.21. The highest BCUT2D eigenvalue weighted by molar-refractivity contribution is 6.17. The van der Waals surface area contributed by atoms with Gasteiger partial charge in [0.15, 0.2) is 5.82 Å². The Kier molecular flexibility index (Phi) is 7.24. The van der Waals surface area contributed by atoms with Gasteiger partial charge in [-0.1, -0.05) is 140 Å². The summed E-state index contributed by atoms with van der Waals surface area (Å²) in [5, 5.41) is 9.32. The molecule has 0 aliphatic carbocycles. The highest BCUT2D eigenvalue weighted by Crippen LogP contribution is 2.42. The van der Waals surface area contributed by atoms with E-state index in [1.807, 2.05) is 18.2 Å². The Labute approximate surface area is 350 Å². The molecule has 0 aliphatic heterocycles. The van der Waals surface area contributed by atoms with Gasteiger partial charge >= 0.3 is 0 Å². The van der Waals surface area contributed by atoms with E-state index in [9.17, 15) is 0 Å². The van der Waals surface area contributed by atoms with E-state index in [1.165, 1.54) is 37.8 Å². The number of hydrogen-bond acceptors (Lipinski definition) is 3. The summed E-state index contributed by atoms with van der Waals surface area (Å²) in [5.41, 5.74) is 12.9. The lowest BCUT2D eigenvalue weighted by Gasteiger charge is -2.14. The summed E-state index contributed by atoms with van der Waals surface area (Å²) in [7, 11) is 0. The van der Waals surface area contributed by atoms with Crippen molar-refractivity contribution in [2.24, 2.45) is 0 Å². The fraction of sp³-hybridized carbons (Fsp3) is 0. The van der Waals surface area contributed by atoms with E-state index in [0.717, 1.165) is 77.9 Å². The molecule has 0 fully saturated rings. The molecular formula is C56H34N4O. The van der Waals surface area contributed by atoms with Crippen LogP contribution < -0.4 is 0 Å². The Morgan fingerprint density at radius 1 is 0.344 bits per heavy atom. The molecule has 0 unspecified atom stereocenters. The number of benzene rings is 9. The molecule has 0 atom stereocenters. The molecule has 5 nitrogen and oxygen atoms in total. The largest absolute Gasteiger partial charge is 0.456 e. The highest BCUT2D eigenvalue weighted by Gasteiger charge is 2.22. The van der Waals surface area contributed by atoms with E-state index in [0.29, 0.717) is 5.82 Å². The second-order valence-electron chi connectivity index (χ2n) is 15.8. The van der Waals surface area contributed by atoms with Crippen LogP contribution in [-0.2, 0) is 0 Å². The van der Waals surface area contributed by atoms with Crippen LogP contribution in [-0.4, -0.2) is 19.1 Å². The second-order valence-corrected chi connectivity index (χ2v) is 15.8. The van der Waals surface area contributed by atoms with E-state index in [4.69, 9.17) is 14.4 Å². The monoisotopic (exact) mass is 778 g/mol. The van der Waals surface area contributed by atoms with Crippen LogP contribution in [0.3, 0.4) is 0 Å². The minimum absolute atomic E-state index is 0.620. The van der Waals surface area contributed by atoms with Gasteiger partial charge in [0.05, 0.1) is 44.5 Å². The van der Waals surface area contributed by atoms with Gasteiger partial charge in [-0.3, -0.25) is 0 Å². The van der Waals surface area contributed by atoms with Gasteiger partial charge < -0.3 is 13.6 Å². The van der Waals surface area contributed by atoms with Gasteiger partial charge in [-0.15, -0.1) is 0 Å². The number of aromatic nitrogens is 4. The van der Waals surface area contributed by atoms with Crippen molar-refractivity contribution in [1.29, 1.82) is 0 Å². The molecule has 0 aliphatic rings. The molecule has 4 aromatic heterocycles. The van der Waals surface area contributed by atoms with Gasteiger partial charge in [0.2, 0.25) is 0 Å². The van der Waals surface area contributed by atoms with Crippen LogP contribution >= 0.6 is 0 Å². The highest BCUT2D eigenvalue weighted by atomic mass is 16.3. The quantitative estimate of drug-likeness (QED) is 0.175. The predicted octanol–water partition coefficient (Wildman–Crippen LogP) is 14.7. The van der Waals surface area contributed by atoms with Crippen LogP contribution in [0, 0.1) is 0 Å². The summed E-state index contributed by atoms with van der Waals surface area (Å²) in [4.78, 5) is 10.8. The summed E-state index contributed by atoms with van der Waals surface area (Å²) in [5.74, 6) is 0.620. The number of rotatable bonds is 5. The van der Waals surface area contributed by atoms with Crippen molar-refractivity contribution in [3.63, 3.8) is 0 Å². The maximum absolute atomic E-state index is 6.74. The Bertz CT molecular complexity index is 3880. The zero-order valence-electron chi connectivity index (χ0n) is 32.8. The smallest absolute Gasteiger partial charge is 0.160 e. The molecule has 9 aromatic carbocycles. The first-order valence-corrected chi connectivity index (χ1v) is 20.6. The fourth-order valence-corrected chi connectivity index (χ4v) is 9.52. The van der Waals surface area contributed by atoms with Crippen molar-refractivity contribution in [3.05, 3.63) is 206 Å². The Morgan fingerprint density at radius 3 is 1.72 bits per heavy atom. The summed E-state index contributed by atoms with van der Waals surface area (Å²) in [6, 6.07) is 73.1. The second kappa shape index (κ2) is 13.1. The maximum Gasteiger partial charge on any atom is 0.160 e. The van der Waals surface area contributed by atoms with Crippen LogP contribution in [0.4, 0.5) is 0 Å². The van der Waals surface area contributed by atoms with Crippen molar-refractivity contribution >= 4 is 76.3 Å². The van der Waals surface area contributed by atoms with E-state index >= 15 is 0 Å². The average Bonchev–Trinajstić information content (AvgIpc) is 3.98. The van der Waals surface area contributed by atoms with Crippen LogP contribution in [0.15, 0.2) is 211 Å². The first kappa shape index (κ1) is 33.7. The van der Waals surface area contributed by atoms with Gasteiger partial charge in [0.1, 0.15) is 11.2 Å². The first-order chi connectivity index (χ1) is 30.2. The molecule has 0 amide bonds. The average molecular weight is 779 g/mol. The lowest BCUT2D eigenvalue weighted by molar-refractivity contribution is 0.669. The summed E-state index contributed by atoms with van der Waals surface area (Å²) >= 11 is 0. The first-order valence-electron chi connectivity index (χ1n) is 20.6. The molecule has 0 saturated carbocycles. The maximum atomic E-state index is 6.74. The third-order valence-electron chi connectivity index (χ3n) is 12.3. The topological polar surface area (TPSA) is 48.8 Å². The fourth-order valence-electron chi connectivity index (χ4n) is 9.52. The summed E-state index contributed by atoms with van der Waals surface area (Å²) < 4.78 is 11.5. The van der Waals surface area contributed by atoms with Gasteiger partial charge in [-0.25, -0.2) is 9.97 Å². The number of fused-ring (bicyclic) bond motifs is 10. The molecular weight excluding hydrogens is 745 g/mol. The van der Waals surface area contributed by atoms with Crippen LogP contribution in [0.1, 0.15) is 0 Å². The number of furan rings is 1. The molecule has 0 radical (unpaired) electrons. The van der Waals surface area contributed by atoms with Crippen molar-refractivity contribution in [2.45, 2.75) is 0 Å². The minimum Gasteiger partial charge on any atom is -0.456 e. The molecule has 0 N–H and O–H groups in total. The Morgan fingerprint density at radius 2 is 0.934 bits per heavy atom. The Hall–Kier alpha value is -8.28. The lowest BCUT2D eigenvalue weighted by atomic mass is 10.0. The van der Waals surface area contributed by atoms with Crippen molar-refractivity contribution < 1.29 is 4.42 Å². The van der Waals surface area contributed by atoms with Crippen LogP contribution in [0.2, 0.25) is 0 Å². The van der Waals surface area contributed by atoms with E-state index in [1.54, 1.807) is 0 Å². The standard InChI is InChI=1S/C56H34N4O/c1-3-15-35(16-4-1)46-34-47(38-27-28-43-41-21-9-12-24-48(41)59(50(43)31-38)40-19-5-2-6-20-40)58-56(57-46)39-32-52(55-44-23-11-14-26-53(44)61-54(55)33-39)60-49-25-13-10-22-42(49)45-29-36-17-7-8-18-37(36)30-51(45)60/h1-34H. The molecule has 13 rings (SSSR count). The molecule has 13 aromatic rings. The van der Waals surface area contributed by atoms with Crippen molar-refractivity contribution in [1.82, 2.24) is 19.1 Å². The molecule has 5 heteroatoms. The van der Waals surface area contributed by atoms with E-state index in [-0.39, 0.29) is 0 Å². The van der Waals surface area contributed by atoms with E-state index < -0.39 is 0 Å². The van der Waals surface area contributed by atoms with Crippen LogP contribution in [0.25, 0.3) is 122 Å². The number of para-hydroxylation sites is 4. The van der Waals surface area contributed by atoms with Gasteiger partial charge in [0.25, 0.3) is 0 Å². The Balaban J connectivity index is 1.09. The van der Waals surface area contributed by atoms with Gasteiger partial charge in [0, 0.05) is 49.3 Å². The SMILES string of the molecule is c1ccc(-c2cc(-c3ccc4c5ccccc5n(-c5ccccc5)c4c3)nc(-c3cc(-n4c5ccccc5c5cc6ccccc6cc54)c4c(c3)oc3ccccc34)n2)cc1. The minimum atomic E-state index is 0.620. The summed E-state index contributed by atoms with van der Waals surface area (Å²) in [6.07, 6.45) is 0. The summed E-state index contributed by atoms with van der Waals surface area (Å²) in [6.45, 7) is 0. The van der Waals surface area contributed by atoms with Crippen molar-refractivity contribution in [2.75, 3.05) is 0 Å². The van der Waals surface area contributed by atoms with Crippen molar-refractivity contribution in [3.8, 4) is 45.3 Å². The third-order valence-corrected chi connectivity index (χ3v) is 12.3. The molecule has 0 spiro atoms. The molecule has 0 saturated heterocycles. The molecule has 4 heterocycles. The van der Waals surface area contributed by atoms with E-state index in [2.05, 4.69) is 197 Å². The molecule has 284 valence electrons. The normalized spacial score (nSPS) is 11.9. The van der Waals surface area contributed by atoms with Gasteiger partial charge in [-0.2, -0.15) is 0 Å². The zero-order chi connectivity index (χ0) is 40.0. The zero-order valence-corrected chi connectivity index (χ0v) is 32.8. The van der Waals surface area contributed by atoms with Crippen LogP contribution in [0.5, 0.6) is 0 Å². The predicted molar refractivity (Wildman–Crippen MR) is 252 cm³/mol. The number of hydrogen-bond donors (Lipinski definition) is 0.